The van der Waals surface area contributed by atoms with E-state index in [4.69, 9.17) is 0 Å². The minimum absolute atomic E-state index is 0.0477. The molecule has 146 valence electrons. The summed E-state index contributed by atoms with van der Waals surface area (Å²) in [6.45, 7) is 2.46. The molecule has 0 aliphatic carbocycles. The molecule has 4 rings (SSSR count). The van der Waals surface area contributed by atoms with Crippen molar-refractivity contribution in [3.63, 3.8) is 0 Å². The van der Waals surface area contributed by atoms with Gasteiger partial charge in [0.2, 0.25) is 5.91 Å². The Balaban J connectivity index is 1.35. The second-order valence-corrected chi connectivity index (χ2v) is 7.07. The van der Waals surface area contributed by atoms with Gasteiger partial charge in [0.1, 0.15) is 6.54 Å². The van der Waals surface area contributed by atoms with E-state index < -0.39 is 0 Å². The van der Waals surface area contributed by atoms with Crippen molar-refractivity contribution < 1.29 is 4.79 Å². The molecule has 0 saturated heterocycles. The lowest BCUT2D eigenvalue weighted by Crippen LogP contribution is -2.33. The molecule has 0 unspecified atom stereocenters. The molecule has 0 radical (unpaired) electrons. The van der Waals surface area contributed by atoms with E-state index >= 15 is 0 Å². The van der Waals surface area contributed by atoms with Gasteiger partial charge in [-0.25, -0.2) is 4.98 Å². The number of aromatic amines is 1. The van der Waals surface area contributed by atoms with Crippen LogP contribution in [0.2, 0.25) is 0 Å². The second-order valence-electron chi connectivity index (χ2n) is 7.07. The van der Waals surface area contributed by atoms with Gasteiger partial charge < -0.3 is 10.3 Å². The van der Waals surface area contributed by atoms with Crippen LogP contribution >= 0.6 is 0 Å². The number of carbonyl (C=O) groups is 1. The first-order valence-corrected chi connectivity index (χ1v) is 9.55. The number of nitrogens with one attached hydrogen (secondary N) is 2. The second kappa shape index (κ2) is 8.14. The van der Waals surface area contributed by atoms with E-state index in [1.165, 1.54) is 17.0 Å². The molecule has 0 spiro atoms. The van der Waals surface area contributed by atoms with Gasteiger partial charge >= 0.3 is 0 Å². The summed E-state index contributed by atoms with van der Waals surface area (Å²) in [5.41, 5.74) is 4.62. The molecule has 2 N–H and O–H groups in total. The number of para-hydroxylation sites is 1. The third kappa shape index (κ3) is 4.27. The smallest absolute Gasteiger partial charge is 0.254 e. The van der Waals surface area contributed by atoms with Crippen LogP contribution in [0.5, 0.6) is 0 Å². The van der Waals surface area contributed by atoms with Gasteiger partial charge in [0.25, 0.3) is 5.56 Å². The summed E-state index contributed by atoms with van der Waals surface area (Å²) in [6.07, 6.45) is 4.11. The highest BCUT2D eigenvalue weighted by molar-refractivity contribution is 5.83. The Labute approximate surface area is 168 Å². The summed E-state index contributed by atoms with van der Waals surface area (Å²) in [5, 5.41) is 4.03. The van der Waals surface area contributed by atoms with Crippen molar-refractivity contribution in [2.45, 2.75) is 19.9 Å². The van der Waals surface area contributed by atoms with Crippen molar-refractivity contribution in [1.82, 2.24) is 19.9 Å². The predicted molar refractivity (Wildman–Crippen MR) is 114 cm³/mol. The fourth-order valence-electron chi connectivity index (χ4n) is 3.31. The molecule has 1 amide bonds. The molecule has 2 heterocycles. The Bertz CT molecular complexity index is 1210. The van der Waals surface area contributed by atoms with Crippen molar-refractivity contribution >= 4 is 16.8 Å². The summed E-state index contributed by atoms with van der Waals surface area (Å²) < 4.78 is 1.32. The molecule has 6 heteroatoms. The normalized spacial score (nSPS) is 10.9. The number of carbonyl (C=O) groups excluding carboxylic acids is 1. The Hall–Kier alpha value is -3.67. The standard InChI is InChI=1S/C23H22N4O2/c1-16-6-8-17(9-7-16)21-12-23(29)27(15-26-21)14-22(28)24-11-10-18-13-25-20-5-3-2-4-19(18)20/h2-9,12-13,15,25H,10-11,14H2,1H3,(H,24,28). The van der Waals surface area contributed by atoms with Crippen LogP contribution < -0.4 is 10.9 Å². The third-order valence-corrected chi connectivity index (χ3v) is 4.93. The van der Waals surface area contributed by atoms with Gasteiger partial charge in [0, 0.05) is 35.3 Å². The van der Waals surface area contributed by atoms with Gasteiger partial charge in [-0.15, -0.1) is 0 Å². The predicted octanol–water partition coefficient (Wildman–Crippen LogP) is 3.06. The van der Waals surface area contributed by atoms with Crippen LogP contribution in [0.25, 0.3) is 22.2 Å². The summed E-state index contributed by atoms with van der Waals surface area (Å²) in [7, 11) is 0. The first-order valence-electron chi connectivity index (χ1n) is 9.55. The monoisotopic (exact) mass is 386 g/mol. The molecular weight excluding hydrogens is 364 g/mol. The van der Waals surface area contributed by atoms with Gasteiger partial charge in [-0.2, -0.15) is 0 Å². The summed E-state index contributed by atoms with van der Waals surface area (Å²) >= 11 is 0. The number of hydrogen-bond donors (Lipinski definition) is 2. The zero-order valence-corrected chi connectivity index (χ0v) is 16.2. The number of nitrogens with zero attached hydrogens (tertiary/aromatic N) is 2. The maximum atomic E-state index is 12.4. The number of fused-ring (bicyclic) bond motifs is 1. The Kier molecular flexibility index (Phi) is 5.24. The largest absolute Gasteiger partial charge is 0.361 e. The van der Waals surface area contributed by atoms with Crippen molar-refractivity contribution in [2.75, 3.05) is 6.54 Å². The lowest BCUT2D eigenvalue weighted by Gasteiger charge is -2.08. The maximum Gasteiger partial charge on any atom is 0.254 e. The van der Waals surface area contributed by atoms with E-state index in [0.29, 0.717) is 12.2 Å². The average Bonchev–Trinajstić information content (AvgIpc) is 3.13. The number of H-pyrrole nitrogens is 1. The van der Waals surface area contributed by atoms with E-state index in [2.05, 4.69) is 21.4 Å². The van der Waals surface area contributed by atoms with Gasteiger partial charge in [-0.3, -0.25) is 14.2 Å². The molecule has 0 aliphatic heterocycles. The van der Waals surface area contributed by atoms with Gasteiger partial charge in [-0.05, 0) is 25.0 Å². The van der Waals surface area contributed by atoms with Crippen LogP contribution in [-0.2, 0) is 17.8 Å². The number of rotatable bonds is 6. The molecule has 0 aliphatic rings. The van der Waals surface area contributed by atoms with Gasteiger partial charge in [0.15, 0.2) is 0 Å². The molecule has 0 fully saturated rings. The van der Waals surface area contributed by atoms with E-state index in [1.54, 1.807) is 0 Å². The fraction of sp³-hybridized carbons (Fsp3) is 0.174. The minimum Gasteiger partial charge on any atom is -0.361 e. The number of amides is 1. The molecule has 2 aromatic carbocycles. The van der Waals surface area contributed by atoms with Crippen molar-refractivity contribution in [3.05, 3.63) is 88.6 Å². The van der Waals surface area contributed by atoms with E-state index in [1.807, 2.05) is 55.6 Å². The van der Waals surface area contributed by atoms with E-state index in [0.717, 1.165) is 34.0 Å². The van der Waals surface area contributed by atoms with Crippen LogP contribution in [0.3, 0.4) is 0 Å². The minimum atomic E-state index is -0.248. The van der Waals surface area contributed by atoms with Crippen LogP contribution in [-0.4, -0.2) is 27.0 Å². The van der Waals surface area contributed by atoms with Crippen LogP contribution in [0, 0.1) is 6.92 Å². The lowest BCUT2D eigenvalue weighted by molar-refractivity contribution is -0.121. The number of benzene rings is 2. The maximum absolute atomic E-state index is 12.4. The molecule has 4 aromatic rings. The molecular formula is C23H22N4O2. The number of aromatic nitrogens is 3. The highest BCUT2D eigenvalue weighted by Crippen LogP contribution is 2.18. The van der Waals surface area contributed by atoms with Gasteiger partial charge in [0.05, 0.1) is 12.0 Å². The van der Waals surface area contributed by atoms with Gasteiger partial charge in [-0.1, -0.05) is 48.0 Å². The third-order valence-electron chi connectivity index (χ3n) is 4.93. The number of aryl methyl sites for hydroxylation is 1. The summed E-state index contributed by atoms with van der Waals surface area (Å²) in [4.78, 5) is 32.2. The van der Waals surface area contributed by atoms with E-state index in [-0.39, 0.29) is 18.0 Å². The topological polar surface area (TPSA) is 79.8 Å². The number of hydrogen-bond acceptors (Lipinski definition) is 3. The first-order chi connectivity index (χ1) is 14.1. The van der Waals surface area contributed by atoms with Crippen LogP contribution in [0.1, 0.15) is 11.1 Å². The zero-order chi connectivity index (χ0) is 20.2. The van der Waals surface area contributed by atoms with Crippen molar-refractivity contribution in [1.29, 1.82) is 0 Å². The molecule has 29 heavy (non-hydrogen) atoms. The Morgan fingerprint density at radius 1 is 1.14 bits per heavy atom. The average molecular weight is 386 g/mol. The van der Waals surface area contributed by atoms with Crippen LogP contribution in [0.15, 0.2) is 71.9 Å². The fourth-order valence-corrected chi connectivity index (χ4v) is 3.31. The SMILES string of the molecule is Cc1ccc(-c2cc(=O)n(CC(=O)NCCc3c[nH]c4ccccc34)cn2)cc1. The van der Waals surface area contributed by atoms with Crippen molar-refractivity contribution in [2.24, 2.45) is 0 Å². The summed E-state index contributed by atoms with van der Waals surface area (Å²) in [5.74, 6) is -0.211. The lowest BCUT2D eigenvalue weighted by atomic mass is 10.1. The quantitative estimate of drug-likeness (QED) is 0.534. The highest BCUT2D eigenvalue weighted by Gasteiger charge is 2.08. The molecule has 2 aromatic heterocycles. The highest BCUT2D eigenvalue weighted by atomic mass is 16.2. The Morgan fingerprint density at radius 3 is 2.72 bits per heavy atom. The van der Waals surface area contributed by atoms with E-state index in [9.17, 15) is 9.59 Å². The molecule has 0 atom stereocenters. The first kappa shape index (κ1) is 18.7. The molecule has 6 nitrogen and oxygen atoms in total. The molecule has 0 saturated carbocycles. The Morgan fingerprint density at radius 2 is 1.93 bits per heavy atom. The summed E-state index contributed by atoms with van der Waals surface area (Å²) in [6, 6.07) is 17.3. The van der Waals surface area contributed by atoms with Crippen molar-refractivity contribution in [3.8, 4) is 11.3 Å². The molecule has 0 bridgehead atoms. The van der Waals surface area contributed by atoms with Crippen LogP contribution in [0.4, 0.5) is 0 Å². The zero-order valence-electron chi connectivity index (χ0n) is 16.2.